The molecular weight excluding hydrogens is 256 g/mol. The highest BCUT2D eigenvalue weighted by Crippen LogP contribution is 2.21. The number of ether oxygens (including phenoxy) is 2. The van der Waals surface area contributed by atoms with E-state index >= 15 is 0 Å². The van der Waals surface area contributed by atoms with E-state index < -0.39 is 5.97 Å². The maximum absolute atomic E-state index is 11.2. The van der Waals surface area contributed by atoms with Crippen LogP contribution in [0.5, 0.6) is 11.5 Å². The molecule has 0 aliphatic carbocycles. The third-order valence-electron chi connectivity index (χ3n) is 2.92. The van der Waals surface area contributed by atoms with Crippen LogP contribution in [0.4, 0.5) is 0 Å². The van der Waals surface area contributed by atoms with Crippen molar-refractivity contribution in [3.63, 3.8) is 0 Å². The Morgan fingerprint density at radius 1 is 1.15 bits per heavy atom. The predicted molar refractivity (Wildman–Crippen MR) is 75.5 cm³/mol. The van der Waals surface area contributed by atoms with Gasteiger partial charge >= 0.3 is 5.97 Å². The molecule has 0 bridgehead atoms. The molecule has 0 saturated heterocycles. The standard InChI is InChI=1S/C16H16O4/c1-11-3-8-15(14(9-11)16(17)18)20-10-12-4-6-13(19-2)7-5-12/h3-9H,10H2,1-2H3,(H,17,18). The fraction of sp³-hybridized carbons (Fsp3) is 0.188. The molecule has 0 aromatic heterocycles. The molecule has 0 amide bonds. The summed E-state index contributed by atoms with van der Waals surface area (Å²) in [5, 5.41) is 9.16. The van der Waals surface area contributed by atoms with Gasteiger partial charge in [-0.05, 0) is 36.8 Å². The van der Waals surface area contributed by atoms with Crippen LogP contribution in [0.3, 0.4) is 0 Å². The Labute approximate surface area is 117 Å². The summed E-state index contributed by atoms with van der Waals surface area (Å²) in [6.07, 6.45) is 0. The highest BCUT2D eigenvalue weighted by Gasteiger charge is 2.11. The molecule has 0 radical (unpaired) electrons. The normalized spacial score (nSPS) is 10.1. The maximum Gasteiger partial charge on any atom is 0.339 e. The first-order chi connectivity index (χ1) is 9.60. The van der Waals surface area contributed by atoms with Crippen LogP contribution in [0.15, 0.2) is 42.5 Å². The Morgan fingerprint density at radius 2 is 1.85 bits per heavy atom. The molecule has 0 aliphatic heterocycles. The van der Waals surface area contributed by atoms with Crippen LogP contribution in [0.1, 0.15) is 21.5 Å². The minimum Gasteiger partial charge on any atom is -0.497 e. The molecule has 4 nitrogen and oxygen atoms in total. The van der Waals surface area contributed by atoms with Gasteiger partial charge < -0.3 is 14.6 Å². The molecule has 2 rings (SSSR count). The van der Waals surface area contributed by atoms with Gasteiger partial charge in [-0.3, -0.25) is 0 Å². The van der Waals surface area contributed by atoms with Gasteiger partial charge in [0.05, 0.1) is 7.11 Å². The molecule has 0 heterocycles. The van der Waals surface area contributed by atoms with E-state index in [1.807, 2.05) is 37.3 Å². The molecule has 0 unspecified atom stereocenters. The van der Waals surface area contributed by atoms with Gasteiger partial charge in [-0.1, -0.05) is 23.8 Å². The Hall–Kier alpha value is -2.49. The molecule has 0 aliphatic rings. The lowest BCUT2D eigenvalue weighted by molar-refractivity contribution is 0.0691. The van der Waals surface area contributed by atoms with Crippen LogP contribution in [0.25, 0.3) is 0 Å². The number of benzene rings is 2. The molecule has 0 fully saturated rings. The smallest absolute Gasteiger partial charge is 0.339 e. The van der Waals surface area contributed by atoms with Crippen LogP contribution in [-0.2, 0) is 6.61 Å². The molecule has 2 aromatic carbocycles. The molecule has 4 heteroatoms. The maximum atomic E-state index is 11.2. The number of methoxy groups -OCH3 is 1. The van der Waals surface area contributed by atoms with Gasteiger partial charge in [-0.2, -0.15) is 0 Å². The van der Waals surface area contributed by atoms with E-state index in [1.165, 1.54) is 0 Å². The number of carboxylic acid groups (broad SMARTS) is 1. The summed E-state index contributed by atoms with van der Waals surface area (Å²) in [6.45, 7) is 2.16. The van der Waals surface area contributed by atoms with Crippen molar-refractivity contribution in [2.45, 2.75) is 13.5 Å². The summed E-state index contributed by atoms with van der Waals surface area (Å²) >= 11 is 0. The number of aryl methyl sites for hydroxylation is 1. The lowest BCUT2D eigenvalue weighted by atomic mass is 10.1. The van der Waals surface area contributed by atoms with Crippen molar-refractivity contribution in [3.05, 3.63) is 59.2 Å². The van der Waals surface area contributed by atoms with Crippen LogP contribution in [-0.4, -0.2) is 18.2 Å². The van der Waals surface area contributed by atoms with Gasteiger partial charge in [-0.25, -0.2) is 4.79 Å². The molecule has 20 heavy (non-hydrogen) atoms. The van der Waals surface area contributed by atoms with Crippen LogP contribution in [0.2, 0.25) is 0 Å². The number of aromatic carboxylic acids is 1. The predicted octanol–water partition coefficient (Wildman–Crippen LogP) is 3.28. The van der Waals surface area contributed by atoms with E-state index in [9.17, 15) is 4.79 Å². The van der Waals surface area contributed by atoms with Gasteiger partial charge in [-0.15, -0.1) is 0 Å². The van der Waals surface area contributed by atoms with Gasteiger partial charge in [0.15, 0.2) is 0 Å². The number of hydrogen-bond acceptors (Lipinski definition) is 3. The van der Waals surface area contributed by atoms with Crippen molar-refractivity contribution < 1.29 is 19.4 Å². The van der Waals surface area contributed by atoms with Crippen molar-refractivity contribution in [1.82, 2.24) is 0 Å². The largest absolute Gasteiger partial charge is 0.497 e. The first kappa shape index (κ1) is 13.9. The van der Waals surface area contributed by atoms with Crippen molar-refractivity contribution in [2.24, 2.45) is 0 Å². The second-order valence-electron chi connectivity index (χ2n) is 4.44. The highest BCUT2D eigenvalue weighted by molar-refractivity contribution is 5.91. The first-order valence-corrected chi connectivity index (χ1v) is 6.20. The van der Waals surface area contributed by atoms with Gasteiger partial charge in [0.1, 0.15) is 23.7 Å². The number of carboxylic acids is 1. The quantitative estimate of drug-likeness (QED) is 0.907. The number of rotatable bonds is 5. The fourth-order valence-electron chi connectivity index (χ4n) is 1.82. The topological polar surface area (TPSA) is 55.8 Å². The molecule has 2 aromatic rings. The fourth-order valence-corrected chi connectivity index (χ4v) is 1.82. The summed E-state index contributed by atoms with van der Waals surface area (Å²) in [4.78, 5) is 11.2. The lowest BCUT2D eigenvalue weighted by Crippen LogP contribution is -2.03. The summed E-state index contributed by atoms with van der Waals surface area (Å²) < 4.78 is 10.7. The Balaban J connectivity index is 2.12. The molecule has 0 saturated carbocycles. The molecule has 1 N–H and O–H groups in total. The van der Waals surface area contributed by atoms with Gasteiger partial charge in [0.25, 0.3) is 0 Å². The van der Waals surface area contributed by atoms with Crippen molar-refractivity contribution in [2.75, 3.05) is 7.11 Å². The Bertz CT molecular complexity index is 602. The monoisotopic (exact) mass is 272 g/mol. The third kappa shape index (κ3) is 3.29. The summed E-state index contributed by atoms with van der Waals surface area (Å²) in [5.74, 6) is 0.160. The number of hydrogen-bond donors (Lipinski definition) is 1. The summed E-state index contributed by atoms with van der Waals surface area (Å²) in [6, 6.07) is 12.6. The highest BCUT2D eigenvalue weighted by atomic mass is 16.5. The minimum atomic E-state index is -0.988. The van der Waals surface area contributed by atoms with Gasteiger partial charge in [0, 0.05) is 0 Å². The van der Waals surface area contributed by atoms with E-state index in [-0.39, 0.29) is 5.56 Å². The van der Waals surface area contributed by atoms with Crippen molar-refractivity contribution in [1.29, 1.82) is 0 Å². The summed E-state index contributed by atoms with van der Waals surface area (Å²) in [7, 11) is 1.61. The zero-order chi connectivity index (χ0) is 14.5. The van der Waals surface area contributed by atoms with Crippen LogP contribution in [0, 0.1) is 6.92 Å². The second kappa shape index (κ2) is 6.10. The first-order valence-electron chi connectivity index (χ1n) is 6.20. The SMILES string of the molecule is COc1ccc(COc2ccc(C)cc2C(=O)O)cc1. The minimum absolute atomic E-state index is 0.179. The van der Waals surface area contributed by atoms with E-state index in [4.69, 9.17) is 14.6 Å². The van der Waals surface area contributed by atoms with Crippen molar-refractivity contribution >= 4 is 5.97 Å². The second-order valence-corrected chi connectivity index (χ2v) is 4.44. The molecular formula is C16H16O4. The molecule has 0 spiro atoms. The Kier molecular flexibility index (Phi) is 4.25. The van der Waals surface area contributed by atoms with E-state index in [0.29, 0.717) is 12.4 Å². The zero-order valence-electron chi connectivity index (χ0n) is 11.4. The summed E-state index contributed by atoms with van der Waals surface area (Å²) in [5.41, 5.74) is 2.01. The van der Waals surface area contributed by atoms with Crippen molar-refractivity contribution in [3.8, 4) is 11.5 Å². The average Bonchev–Trinajstić information content (AvgIpc) is 2.46. The van der Waals surface area contributed by atoms with E-state index in [2.05, 4.69) is 0 Å². The zero-order valence-corrected chi connectivity index (χ0v) is 11.4. The van der Waals surface area contributed by atoms with Crippen LogP contribution >= 0.6 is 0 Å². The Morgan fingerprint density at radius 3 is 2.45 bits per heavy atom. The molecule has 0 atom stereocenters. The van der Waals surface area contributed by atoms with E-state index in [0.717, 1.165) is 16.9 Å². The average molecular weight is 272 g/mol. The van der Waals surface area contributed by atoms with Gasteiger partial charge in [0.2, 0.25) is 0 Å². The third-order valence-corrected chi connectivity index (χ3v) is 2.92. The number of carbonyl (C=O) groups is 1. The molecule has 104 valence electrons. The lowest BCUT2D eigenvalue weighted by Gasteiger charge is -2.10. The van der Waals surface area contributed by atoms with E-state index in [1.54, 1.807) is 19.2 Å². The van der Waals surface area contributed by atoms with Crippen LogP contribution < -0.4 is 9.47 Å².